The fourth-order valence-corrected chi connectivity index (χ4v) is 3.68. The Kier molecular flexibility index (Phi) is 4.31. The molecule has 1 aromatic carbocycles. The third-order valence-corrected chi connectivity index (χ3v) is 5.03. The lowest BCUT2D eigenvalue weighted by Gasteiger charge is -2.04. The molecule has 0 aliphatic rings. The Hall–Kier alpha value is -2.05. The zero-order chi connectivity index (χ0) is 15.5. The molecule has 3 aromatic rings. The normalized spacial score (nSPS) is 10.6. The van der Waals surface area contributed by atoms with Crippen LogP contribution in [0.1, 0.15) is 20.9 Å². The molecule has 0 saturated carbocycles. The van der Waals surface area contributed by atoms with Crippen LogP contribution in [0.3, 0.4) is 0 Å². The van der Waals surface area contributed by atoms with E-state index in [9.17, 15) is 9.18 Å². The molecule has 0 aliphatic carbocycles. The Balaban J connectivity index is 1.71. The SMILES string of the molecule is Cc1nc(-c2ccsc2)sc1C(=O)NCc1ccc(F)cc1. The first-order chi connectivity index (χ1) is 10.6. The Morgan fingerprint density at radius 1 is 1.27 bits per heavy atom. The Bertz CT molecular complexity index is 779. The summed E-state index contributed by atoms with van der Waals surface area (Å²) in [5.74, 6) is -0.436. The van der Waals surface area contributed by atoms with Gasteiger partial charge in [-0.05, 0) is 36.1 Å². The highest BCUT2D eigenvalue weighted by Crippen LogP contribution is 2.29. The second-order valence-corrected chi connectivity index (χ2v) is 6.53. The molecule has 1 amide bonds. The number of thiazole rings is 1. The van der Waals surface area contributed by atoms with Crippen LogP contribution in [0.4, 0.5) is 4.39 Å². The zero-order valence-corrected chi connectivity index (χ0v) is 13.4. The fraction of sp³-hybridized carbons (Fsp3) is 0.125. The first-order valence-corrected chi connectivity index (χ1v) is 8.42. The molecule has 0 fully saturated rings. The molecule has 0 spiro atoms. The van der Waals surface area contributed by atoms with Gasteiger partial charge in [-0.2, -0.15) is 11.3 Å². The molecule has 0 saturated heterocycles. The first kappa shape index (κ1) is 14.9. The number of aromatic nitrogens is 1. The van der Waals surface area contributed by atoms with Crippen LogP contribution in [-0.2, 0) is 6.54 Å². The zero-order valence-electron chi connectivity index (χ0n) is 11.8. The number of benzene rings is 1. The maximum atomic E-state index is 12.8. The van der Waals surface area contributed by atoms with Crippen molar-refractivity contribution >= 4 is 28.6 Å². The van der Waals surface area contributed by atoms with Crippen molar-refractivity contribution in [3.05, 3.63) is 63.0 Å². The number of rotatable bonds is 4. The van der Waals surface area contributed by atoms with Gasteiger partial charge in [0.2, 0.25) is 0 Å². The molecule has 2 heterocycles. The van der Waals surface area contributed by atoms with Crippen LogP contribution in [0.15, 0.2) is 41.1 Å². The predicted octanol–water partition coefficient (Wildman–Crippen LogP) is 4.25. The summed E-state index contributed by atoms with van der Waals surface area (Å²) >= 11 is 2.99. The molecule has 0 bridgehead atoms. The molecular formula is C16H13FN2OS2. The van der Waals surface area contributed by atoms with Gasteiger partial charge in [0.1, 0.15) is 15.7 Å². The number of halogens is 1. The highest BCUT2D eigenvalue weighted by molar-refractivity contribution is 7.17. The van der Waals surface area contributed by atoms with E-state index < -0.39 is 0 Å². The summed E-state index contributed by atoms with van der Waals surface area (Å²) in [6, 6.07) is 8.07. The Morgan fingerprint density at radius 3 is 2.73 bits per heavy atom. The van der Waals surface area contributed by atoms with Crippen molar-refractivity contribution in [1.29, 1.82) is 0 Å². The maximum absolute atomic E-state index is 12.8. The molecule has 6 heteroatoms. The van der Waals surface area contributed by atoms with E-state index in [1.54, 1.807) is 23.5 Å². The van der Waals surface area contributed by atoms with Crippen molar-refractivity contribution in [3.8, 4) is 10.6 Å². The number of carbonyl (C=O) groups is 1. The summed E-state index contributed by atoms with van der Waals surface area (Å²) in [6.07, 6.45) is 0. The van der Waals surface area contributed by atoms with Crippen LogP contribution in [0.2, 0.25) is 0 Å². The lowest BCUT2D eigenvalue weighted by Crippen LogP contribution is -2.22. The molecule has 3 nitrogen and oxygen atoms in total. The molecule has 112 valence electrons. The molecule has 3 rings (SSSR count). The first-order valence-electron chi connectivity index (χ1n) is 6.66. The summed E-state index contributed by atoms with van der Waals surface area (Å²) < 4.78 is 12.8. The van der Waals surface area contributed by atoms with E-state index in [1.807, 2.05) is 23.8 Å². The summed E-state index contributed by atoms with van der Waals surface area (Å²) in [6.45, 7) is 2.20. The average molecular weight is 332 g/mol. The highest BCUT2D eigenvalue weighted by atomic mass is 32.1. The van der Waals surface area contributed by atoms with E-state index in [4.69, 9.17) is 0 Å². The summed E-state index contributed by atoms with van der Waals surface area (Å²) in [4.78, 5) is 17.3. The van der Waals surface area contributed by atoms with E-state index in [1.165, 1.54) is 23.5 Å². The van der Waals surface area contributed by atoms with Gasteiger partial charge < -0.3 is 5.32 Å². The van der Waals surface area contributed by atoms with Crippen molar-refractivity contribution in [2.45, 2.75) is 13.5 Å². The van der Waals surface area contributed by atoms with Gasteiger partial charge in [-0.15, -0.1) is 11.3 Å². The van der Waals surface area contributed by atoms with Crippen molar-refractivity contribution < 1.29 is 9.18 Å². The number of hydrogen-bond acceptors (Lipinski definition) is 4. The van der Waals surface area contributed by atoms with Crippen molar-refractivity contribution in [3.63, 3.8) is 0 Å². The van der Waals surface area contributed by atoms with Crippen molar-refractivity contribution in [2.75, 3.05) is 0 Å². The molecule has 0 aliphatic heterocycles. The van der Waals surface area contributed by atoms with Gasteiger partial charge in [-0.25, -0.2) is 9.37 Å². The van der Waals surface area contributed by atoms with E-state index >= 15 is 0 Å². The second kappa shape index (κ2) is 6.37. The monoisotopic (exact) mass is 332 g/mol. The lowest BCUT2D eigenvalue weighted by molar-refractivity contribution is 0.0954. The largest absolute Gasteiger partial charge is 0.347 e. The van der Waals surface area contributed by atoms with E-state index in [0.717, 1.165) is 21.8 Å². The van der Waals surface area contributed by atoms with Gasteiger partial charge in [-0.3, -0.25) is 4.79 Å². The van der Waals surface area contributed by atoms with Crippen LogP contribution in [0.5, 0.6) is 0 Å². The molecule has 0 atom stereocenters. The number of thiophene rings is 1. The number of aryl methyl sites for hydroxylation is 1. The predicted molar refractivity (Wildman–Crippen MR) is 87.7 cm³/mol. The van der Waals surface area contributed by atoms with E-state index in [2.05, 4.69) is 10.3 Å². The second-order valence-electron chi connectivity index (χ2n) is 4.75. The van der Waals surface area contributed by atoms with Crippen molar-refractivity contribution in [1.82, 2.24) is 10.3 Å². The topological polar surface area (TPSA) is 42.0 Å². The van der Waals surface area contributed by atoms with Crippen LogP contribution in [0.25, 0.3) is 10.6 Å². The Labute approximate surface area is 135 Å². The van der Waals surface area contributed by atoms with E-state index in [0.29, 0.717) is 11.4 Å². The summed E-state index contributed by atoms with van der Waals surface area (Å²) in [7, 11) is 0. The third-order valence-electron chi connectivity index (χ3n) is 3.14. The molecule has 0 radical (unpaired) electrons. The summed E-state index contributed by atoms with van der Waals surface area (Å²) in [5.41, 5.74) is 2.62. The van der Waals surface area contributed by atoms with Crippen LogP contribution < -0.4 is 5.32 Å². The van der Waals surface area contributed by atoms with Crippen molar-refractivity contribution in [2.24, 2.45) is 0 Å². The van der Waals surface area contributed by atoms with Crippen LogP contribution in [0, 0.1) is 12.7 Å². The number of hydrogen-bond donors (Lipinski definition) is 1. The molecular weight excluding hydrogens is 319 g/mol. The van der Waals surface area contributed by atoms with Gasteiger partial charge in [0, 0.05) is 17.5 Å². The number of carbonyl (C=O) groups excluding carboxylic acids is 1. The van der Waals surface area contributed by atoms with Gasteiger partial charge in [-0.1, -0.05) is 12.1 Å². The average Bonchev–Trinajstić information content (AvgIpc) is 3.15. The minimum Gasteiger partial charge on any atom is -0.347 e. The van der Waals surface area contributed by atoms with Gasteiger partial charge in [0.15, 0.2) is 0 Å². The van der Waals surface area contributed by atoms with Crippen LogP contribution in [-0.4, -0.2) is 10.9 Å². The van der Waals surface area contributed by atoms with Gasteiger partial charge in [0.05, 0.1) is 5.69 Å². The van der Waals surface area contributed by atoms with Crippen LogP contribution >= 0.6 is 22.7 Å². The minimum absolute atomic E-state index is 0.152. The number of nitrogens with zero attached hydrogens (tertiary/aromatic N) is 1. The quantitative estimate of drug-likeness (QED) is 0.776. The van der Waals surface area contributed by atoms with E-state index in [-0.39, 0.29) is 11.7 Å². The smallest absolute Gasteiger partial charge is 0.263 e. The van der Waals surface area contributed by atoms with Gasteiger partial charge in [0.25, 0.3) is 5.91 Å². The molecule has 0 unspecified atom stereocenters. The summed E-state index contributed by atoms with van der Waals surface area (Å²) in [5, 5.41) is 7.70. The highest BCUT2D eigenvalue weighted by Gasteiger charge is 2.16. The third kappa shape index (κ3) is 3.23. The molecule has 1 N–H and O–H groups in total. The standard InChI is InChI=1S/C16H13FN2OS2/c1-10-14(22-16(19-10)12-6-7-21-9-12)15(20)18-8-11-2-4-13(17)5-3-11/h2-7,9H,8H2,1H3,(H,18,20). The molecule has 22 heavy (non-hydrogen) atoms. The molecule has 2 aromatic heterocycles. The van der Waals surface area contributed by atoms with Gasteiger partial charge >= 0.3 is 0 Å². The minimum atomic E-state index is -0.284. The fourth-order valence-electron chi connectivity index (χ4n) is 1.98. The lowest BCUT2D eigenvalue weighted by atomic mass is 10.2. The maximum Gasteiger partial charge on any atom is 0.263 e. The number of nitrogens with one attached hydrogen (secondary N) is 1. The number of amides is 1. The Morgan fingerprint density at radius 2 is 2.05 bits per heavy atom.